The molecule has 1 atom stereocenters. The monoisotopic (exact) mass is 298 g/mol. The molecule has 0 aliphatic carbocycles. The molecule has 1 rings (SSSR count). The number of amides is 2. The van der Waals surface area contributed by atoms with Crippen LogP contribution in [0.1, 0.15) is 19.4 Å². The van der Waals surface area contributed by atoms with E-state index in [0.717, 1.165) is 5.56 Å². The van der Waals surface area contributed by atoms with Gasteiger partial charge in [-0.25, -0.2) is 0 Å². The van der Waals surface area contributed by atoms with Crippen molar-refractivity contribution in [2.45, 2.75) is 26.8 Å². The molecule has 6 heteroatoms. The molecule has 0 spiro atoms. The fraction of sp³-hybridized carbons (Fsp3) is 0.429. The standard InChI is InChI=1S/C14H19ClN2O3/c1-4-16-14(19)10(3)17-13(18)8-20-12-7-9(2)5-6-11(12)15/h5-7,10H,4,8H2,1-3H3,(H,16,19)(H,17,18)/t10-/m1/s1. The lowest BCUT2D eigenvalue weighted by Crippen LogP contribution is -2.46. The van der Waals surface area contributed by atoms with Crippen molar-refractivity contribution in [1.82, 2.24) is 10.6 Å². The second-order valence-corrected chi connectivity index (χ2v) is 4.81. The Morgan fingerprint density at radius 2 is 2.10 bits per heavy atom. The summed E-state index contributed by atoms with van der Waals surface area (Å²) in [5, 5.41) is 5.62. The molecule has 0 heterocycles. The molecule has 0 radical (unpaired) electrons. The molecule has 0 aliphatic heterocycles. The van der Waals surface area contributed by atoms with Gasteiger partial charge in [0.15, 0.2) is 6.61 Å². The van der Waals surface area contributed by atoms with Crippen LogP contribution < -0.4 is 15.4 Å². The molecule has 2 N–H and O–H groups in total. The second kappa shape index (κ2) is 7.75. The molecule has 0 aliphatic rings. The van der Waals surface area contributed by atoms with Gasteiger partial charge in [0, 0.05) is 6.54 Å². The van der Waals surface area contributed by atoms with Gasteiger partial charge in [-0.05, 0) is 38.5 Å². The number of hydrogen-bond acceptors (Lipinski definition) is 3. The SMILES string of the molecule is CCNC(=O)[C@@H](C)NC(=O)COc1cc(C)ccc1Cl. The normalized spacial score (nSPS) is 11.6. The number of carbonyl (C=O) groups is 2. The average molecular weight is 299 g/mol. The number of halogens is 1. The predicted octanol–water partition coefficient (Wildman–Crippen LogP) is 1.67. The number of ether oxygens (including phenoxy) is 1. The molecule has 1 aromatic rings. The summed E-state index contributed by atoms with van der Waals surface area (Å²) in [7, 11) is 0. The van der Waals surface area contributed by atoms with Crippen LogP contribution in [-0.2, 0) is 9.59 Å². The Morgan fingerprint density at radius 1 is 1.40 bits per heavy atom. The minimum atomic E-state index is -0.598. The lowest BCUT2D eigenvalue weighted by atomic mass is 10.2. The highest BCUT2D eigenvalue weighted by Crippen LogP contribution is 2.24. The van der Waals surface area contributed by atoms with E-state index in [1.807, 2.05) is 19.9 Å². The number of benzene rings is 1. The van der Waals surface area contributed by atoms with E-state index in [1.165, 1.54) is 0 Å². The maximum absolute atomic E-state index is 11.7. The van der Waals surface area contributed by atoms with Crippen LogP contribution in [-0.4, -0.2) is 31.0 Å². The van der Waals surface area contributed by atoms with Crippen molar-refractivity contribution in [1.29, 1.82) is 0 Å². The maximum Gasteiger partial charge on any atom is 0.258 e. The Bertz CT molecular complexity index is 491. The first-order valence-electron chi connectivity index (χ1n) is 6.40. The van der Waals surface area contributed by atoms with Gasteiger partial charge in [0.2, 0.25) is 5.91 Å². The van der Waals surface area contributed by atoms with E-state index in [0.29, 0.717) is 17.3 Å². The lowest BCUT2D eigenvalue weighted by molar-refractivity contribution is -0.129. The van der Waals surface area contributed by atoms with E-state index in [-0.39, 0.29) is 18.4 Å². The summed E-state index contributed by atoms with van der Waals surface area (Å²) in [6, 6.07) is 4.72. The fourth-order valence-electron chi connectivity index (χ4n) is 1.54. The highest BCUT2D eigenvalue weighted by molar-refractivity contribution is 6.32. The molecule has 0 fully saturated rings. The van der Waals surface area contributed by atoms with Crippen molar-refractivity contribution in [2.24, 2.45) is 0 Å². The third-order valence-corrected chi connectivity index (χ3v) is 2.88. The third-order valence-electron chi connectivity index (χ3n) is 2.57. The van der Waals surface area contributed by atoms with Crippen LogP contribution in [0, 0.1) is 6.92 Å². The molecule has 0 unspecified atom stereocenters. The molecular formula is C14H19ClN2O3. The zero-order valence-electron chi connectivity index (χ0n) is 11.8. The zero-order chi connectivity index (χ0) is 15.1. The minimum Gasteiger partial charge on any atom is -0.482 e. The second-order valence-electron chi connectivity index (χ2n) is 4.41. The van der Waals surface area contributed by atoms with Crippen LogP contribution in [0.15, 0.2) is 18.2 Å². The average Bonchev–Trinajstić information content (AvgIpc) is 2.40. The number of hydrogen-bond donors (Lipinski definition) is 2. The summed E-state index contributed by atoms with van der Waals surface area (Å²) in [5.41, 5.74) is 0.987. The van der Waals surface area contributed by atoms with Crippen molar-refractivity contribution in [3.8, 4) is 5.75 Å². The summed E-state index contributed by atoms with van der Waals surface area (Å²) in [5.74, 6) is -0.150. The predicted molar refractivity (Wildman–Crippen MR) is 78.0 cm³/mol. The van der Waals surface area contributed by atoms with E-state index in [2.05, 4.69) is 10.6 Å². The quantitative estimate of drug-likeness (QED) is 0.839. The highest BCUT2D eigenvalue weighted by Gasteiger charge is 2.15. The summed E-state index contributed by atoms with van der Waals surface area (Å²) >= 11 is 5.96. The molecule has 2 amide bonds. The van der Waals surface area contributed by atoms with Gasteiger partial charge in [-0.1, -0.05) is 17.7 Å². The summed E-state index contributed by atoms with van der Waals surface area (Å²) in [4.78, 5) is 23.1. The highest BCUT2D eigenvalue weighted by atomic mass is 35.5. The molecule has 0 aromatic heterocycles. The minimum absolute atomic E-state index is 0.188. The van der Waals surface area contributed by atoms with Gasteiger partial charge in [-0.3, -0.25) is 9.59 Å². The van der Waals surface area contributed by atoms with Crippen LogP contribution in [0.4, 0.5) is 0 Å². The van der Waals surface area contributed by atoms with Crippen molar-refractivity contribution in [3.05, 3.63) is 28.8 Å². The Kier molecular flexibility index (Phi) is 6.31. The largest absolute Gasteiger partial charge is 0.482 e. The van der Waals surface area contributed by atoms with E-state index in [9.17, 15) is 9.59 Å². The molecule has 110 valence electrons. The van der Waals surface area contributed by atoms with Crippen molar-refractivity contribution < 1.29 is 14.3 Å². The molecule has 0 bridgehead atoms. The van der Waals surface area contributed by atoms with Crippen LogP contribution in [0.3, 0.4) is 0 Å². The molecule has 0 saturated carbocycles. The van der Waals surface area contributed by atoms with Gasteiger partial charge in [-0.15, -0.1) is 0 Å². The topological polar surface area (TPSA) is 67.4 Å². The van der Waals surface area contributed by atoms with Crippen LogP contribution in [0.25, 0.3) is 0 Å². The van der Waals surface area contributed by atoms with Crippen molar-refractivity contribution >= 4 is 23.4 Å². The first kappa shape index (κ1) is 16.3. The summed E-state index contributed by atoms with van der Waals surface area (Å²) in [6.07, 6.45) is 0. The first-order valence-corrected chi connectivity index (χ1v) is 6.77. The Hall–Kier alpha value is -1.75. The zero-order valence-corrected chi connectivity index (χ0v) is 12.6. The Balaban J connectivity index is 2.47. The number of aryl methyl sites for hydroxylation is 1. The molecule has 1 aromatic carbocycles. The first-order chi connectivity index (χ1) is 9.43. The van der Waals surface area contributed by atoms with Gasteiger partial charge in [0.1, 0.15) is 11.8 Å². The van der Waals surface area contributed by atoms with E-state index >= 15 is 0 Å². The van der Waals surface area contributed by atoms with E-state index in [4.69, 9.17) is 16.3 Å². The van der Waals surface area contributed by atoms with Crippen molar-refractivity contribution in [2.75, 3.05) is 13.2 Å². The third kappa shape index (κ3) is 5.09. The van der Waals surface area contributed by atoms with Gasteiger partial charge in [0.05, 0.1) is 5.02 Å². The molecule has 20 heavy (non-hydrogen) atoms. The number of rotatable bonds is 6. The molecule has 0 saturated heterocycles. The number of likely N-dealkylation sites (N-methyl/N-ethyl adjacent to an activating group) is 1. The van der Waals surface area contributed by atoms with Crippen LogP contribution in [0.5, 0.6) is 5.75 Å². The van der Waals surface area contributed by atoms with Crippen molar-refractivity contribution in [3.63, 3.8) is 0 Å². The maximum atomic E-state index is 11.7. The van der Waals surface area contributed by atoms with Crippen LogP contribution >= 0.6 is 11.6 Å². The molecule has 5 nitrogen and oxygen atoms in total. The lowest BCUT2D eigenvalue weighted by Gasteiger charge is -2.14. The van der Waals surface area contributed by atoms with Crippen LogP contribution in [0.2, 0.25) is 5.02 Å². The summed E-state index contributed by atoms with van der Waals surface area (Å²) in [6.45, 7) is 5.67. The van der Waals surface area contributed by atoms with E-state index < -0.39 is 6.04 Å². The Labute approximate surface area is 123 Å². The van der Waals surface area contributed by atoms with Gasteiger partial charge < -0.3 is 15.4 Å². The summed E-state index contributed by atoms with van der Waals surface area (Å²) < 4.78 is 5.34. The number of nitrogens with one attached hydrogen (secondary N) is 2. The smallest absolute Gasteiger partial charge is 0.258 e. The van der Waals surface area contributed by atoms with E-state index in [1.54, 1.807) is 19.1 Å². The number of carbonyl (C=O) groups excluding carboxylic acids is 2. The van der Waals surface area contributed by atoms with Gasteiger partial charge >= 0.3 is 0 Å². The van der Waals surface area contributed by atoms with Gasteiger partial charge in [-0.2, -0.15) is 0 Å². The Morgan fingerprint density at radius 3 is 2.75 bits per heavy atom. The fourth-order valence-corrected chi connectivity index (χ4v) is 1.71. The van der Waals surface area contributed by atoms with Gasteiger partial charge in [0.25, 0.3) is 5.91 Å². The molecular weight excluding hydrogens is 280 g/mol.